The molecule has 1 heterocycles. The second-order valence-electron chi connectivity index (χ2n) is 10.7. The maximum absolute atomic E-state index is 12.9. The quantitative estimate of drug-likeness (QED) is 0.188. The van der Waals surface area contributed by atoms with Crippen LogP contribution in [0.3, 0.4) is 0 Å². The van der Waals surface area contributed by atoms with Gasteiger partial charge in [0.05, 0.1) is 7.11 Å². The summed E-state index contributed by atoms with van der Waals surface area (Å²) in [5, 5.41) is 27.8. The fraction of sp³-hybridized carbons (Fsp3) is 0.229. The van der Waals surface area contributed by atoms with E-state index in [0.29, 0.717) is 28.6 Å². The molecule has 0 radical (unpaired) electrons. The van der Waals surface area contributed by atoms with Gasteiger partial charge in [0, 0.05) is 34.8 Å². The van der Waals surface area contributed by atoms with Gasteiger partial charge >= 0.3 is 0 Å². The van der Waals surface area contributed by atoms with Crippen LogP contribution in [0.2, 0.25) is 5.02 Å². The van der Waals surface area contributed by atoms with Crippen LogP contribution >= 0.6 is 11.6 Å². The molecule has 6 heteroatoms. The number of aromatic nitrogens is 1. The number of halogens is 1. The first-order valence-corrected chi connectivity index (χ1v) is 14.1. The SMILES string of the molecule is COc1ncc(-c2ccc(Cl)cc2)cc1C(c1ccccc1)C(O)(CCN(C)C)C(O)c1cccc2ccccc12. The van der Waals surface area contributed by atoms with Crippen molar-refractivity contribution in [2.75, 3.05) is 27.7 Å². The summed E-state index contributed by atoms with van der Waals surface area (Å²) in [6.45, 7) is 0.550. The summed E-state index contributed by atoms with van der Waals surface area (Å²) in [7, 11) is 5.51. The van der Waals surface area contributed by atoms with Crippen LogP contribution in [0.4, 0.5) is 0 Å². The Balaban J connectivity index is 1.75. The summed E-state index contributed by atoms with van der Waals surface area (Å²) in [6.07, 6.45) is 0.828. The minimum absolute atomic E-state index is 0.290. The van der Waals surface area contributed by atoms with Crippen LogP contribution in [0.1, 0.15) is 35.1 Å². The van der Waals surface area contributed by atoms with E-state index >= 15 is 0 Å². The predicted octanol–water partition coefficient (Wildman–Crippen LogP) is 7.11. The summed E-state index contributed by atoms with van der Waals surface area (Å²) in [5.41, 5.74) is 2.36. The van der Waals surface area contributed by atoms with Crippen molar-refractivity contribution >= 4 is 22.4 Å². The minimum Gasteiger partial charge on any atom is -0.481 e. The first kappa shape index (κ1) is 28.8. The van der Waals surface area contributed by atoms with E-state index in [1.54, 1.807) is 13.3 Å². The summed E-state index contributed by atoms with van der Waals surface area (Å²) in [6, 6.07) is 33.1. The molecule has 0 fully saturated rings. The molecule has 3 atom stereocenters. The maximum atomic E-state index is 12.9. The molecule has 0 amide bonds. The molecule has 2 N–H and O–H groups in total. The van der Waals surface area contributed by atoms with Gasteiger partial charge in [-0.25, -0.2) is 4.98 Å². The lowest BCUT2D eigenvalue weighted by atomic mass is 9.70. The Hall–Kier alpha value is -3.74. The fourth-order valence-corrected chi connectivity index (χ4v) is 5.76. The normalized spacial score (nSPS) is 14.5. The third-order valence-corrected chi connectivity index (χ3v) is 8.00. The Labute approximate surface area is 246 Å². The molecular formula is C35H35ClN2O3. The number of methoxy groups -OCH3 is 1. The summed E-state index contributed by atoms with van der Waals surface area (Å²) in [5.74, 6) is -0.280. The van der Waals surface area contributed by atoms with E-state index in [9.17, 15) is 10.2 Å². The van der Waals surface area contributed by atoms with Gasteiger partial charge in [0.25, 0.3) is 0 Å². The predicted molar refractivity (Wildman–Crippen MR) is 167 cm³/mol. The van der Waals surface area contributed by atoms with Crippen molar-refractivity contribution in [3.05, 3.63) is 131 Å². The Morgan fingerprint density at radius 2 is 1.54 bits per heavy atom. The van der Waals surface area contributed by atoms with Crippen LogP contribution in [-0.2, 0) is 0 Å². The summed E-state index contributed by atoms with van der Waals surface area (Å²) in [4.78, 5) is 6.69. The molecule has 0 aliphatic rings. The van der Waals surface area contributed by atoms with Gasteiger partial charge in [0.1, 0.15) is 11.7 Å². The van der Waals surface area contributed by atoms with Gasteiger partial charge in [0.2, 0.25) is 5.88 Å². The van der Waals surface area contributed by atoms with Crippen molar-refractivity contribution in [1.82, 2.24) is 9.88 Å². The number of aliphatic hydroxyl groups excluding tert-OH is 1. The molecule has 5 rings (SSSR count). The van der Waals surface area contributed by atoms with Crippen molar-refractivity contribution in [2.24, 2.45) is 0 Å². The van der Waals surface area contributed by atoms with Crippen LogP contribution in [-0.4, -0.2) is 53.4 Å². The van der Waals surface area contributed by atoms with Crippen molar-refractivity contribution in [3.8, 4) is 17.0 Å². The lowest BCUT2D eigenvalue weighted by Gasteiger charge is -2.42. The number of ether oxygens (including phenoxy) is 1. The van der Waals surface area contributed by atoms with Gasteiger partial charge in [-0.2, -0.15) is 0 Å². The molecule has 0 saturated carbocycles. The molecule has 0 bridgehead atoms. The van der Waals surface area contributed by atoms with Crippen LogP contribution in [0.25, 0.3) is 21.9 Å². The highest BCUT2D eigenvalue weighted by molar-refractivity contribution is 6.30. The van der Waals surface area contributed by atoms with E-state index in [-0.39, 0.29) is 6.42 Å². The maximum Gasteiger partial charge on any atom is 0.216 e. The zero-order valence-corrected chi connectivity index (χ0v) is 24.3. The number of nitrogens with zero attached hydrogens (tertiary/aromatic N) is 2. The average Bonchev–Trinajstić information content (AvgIpc) is 3.00. The number of hydrogen-bond acceptors (Lipinski definition) is 5. The first-order chi connectivity index (χ1) is 19.8. The highest BCUT2D eigenvalue weighted by Gasteiger charge is 2.47. The van der Waals surface area contributed by atoms with E-state index < -0.39 is 17.6 Å². The van der Waals surface area contributed by atoms with Gasteiger partial charge in [-0.05, 0) is 66.2 Å². The first-order valence-electron chi connectivity index (χ1n) is 13.7. The molecule has 0 aliphatic carbocycles. The Bertz CT molecular complexity index is 1600. The molecule has 0 spiro atoms. The summed E-state index contributed by atoms with van der Waals surface area (Å²) >= 11 is 6.16. The average molecular weight is 567 g/mol. The monoisotopic (exact) mass is 566 g/mol. The smallest absolute Gasteiger partial charge is 0.216 e. The number of pyridine rings is 1. The van der Waals surface area contributed by atoms with Gasteiger partial charge < -0.3 is 19.8 Å². The van der Waals surface area contributed by atoms with Crippen molar-refractivity contribution in [1.29, 1.82) is 0 Å². The number of rotatable bonds is 10. The van der Waals surface area contributed by atoms with Gasteiger partial charge in [-0.15, -0.1) is 0 Å². The highest BCUT2D eigenvalue weighted by Crippen LogP contribution is 2.48. The zero-order chi connectivity index (χ0) is 29.0. The van der Waals surface area contributed by atoms with Gasteiger partial charge in [-0.3, -0.25) is 0 Å². The van der Waals surface area contributed by atoms with Crippen LogP contribution in [0.5, 0.6) is 5.88 Å². The molecule has 0 saturated heterocycles. The van der Waals surface area contributed by atoms with Crippen molar-refractivity contribution in [2.45, 2.75) is 24.0 Å². The van der Waals surface area contributed by atoms with Crippen LogP contribution in [0, 0.1) is 0 Å². The van der Waals surface area contributed by atoms with Crippen molar-refractivity contribution < 1.29 is 14.9 Å². The molecule has 3 unspecified atom stereocenters. The van der Waals surface area contributed by atoms with E-state index in [2.05, 4.69) is 4.98 Å². The molecule has 210 valence electrons. The van der Waals surface area contributed by atoms with Gasteiger partial charge in [-0.1, -0.05) is 96.5 Å². The lowest BCUT2D eigenvalue weighted by molar-refractivity contribution is -0.0959. The minimum atomic E-state index is -1.64. The second kappa shape index (κ2) is 12.4. The highest BCUT2D eigenvalue weighted by atomic mass is 35.5. The number of fused-ring (bicyclic) bond motifs is 1. The van der Waals surface area contributed by atoms with Crippen molar-refractivity contribution in [3.63, 3.8) is 0 Å². The number of hydrogen-bond donors (Lipinski definition) is 2. The Morgan fingerprint density at radius 3 is 2.24 bits per heavy atom. The zero-order valence-electron chi connectivity index (χ0n) is 23.5. The second-order valence-corrected chi connectivity index (χ2v) is 11.1. The lowest BCUT2D eigenvalue weighted by Crippen LogP contribution is -2.45. The molecular weight excluding hydrogens is 532 g/mol. The molecule has 41 heavy (non-hydrogen) atoms. The summed E-state index contributed by atoms with van der Waals surface area (Å²) < 4.78 is 5.80. The topological polar surface area (TPSA) is 65.8 Å². The molecule has 0 aliphatic heterocycles. The van der Waals surface area contributed by atoms with Crippen LogP contribution < -0.4 is 4.74 Å². The largest absolute Gasteiger partial charge is 0.481 e. The molecule has 4 aromatic carbocycles. The van der Waals surface area contributed by atoms with Gasteiger partial charge in [0.15, 0.2) is 0 Å². The standard InChI is InChI=1S/C35H35ClN2O3/c1-38(2)21-20-35(40,33(39)30-15-9-13-25-10-7-8-14-29(25)30)32(26-11-5-4-6-12-26)31-22-27(23-37-34(31)41-3)24-16-18-28(36)19-17-24/h4-19,22-23,32-33,39-40H,20-21H2,1-3H3. The molecule has 1 aromatic heterocycles. The van der Waals surface area contributed by atoms with E-state index in [1.807, 2.05) is 122 Å². The van der Waals surface area contributed by atoms with E-state index in [0.717, 1.165) is 27.5 Å². The van der Waals surface area contributed by atoms with Crippen LogP contribution in [0.15, 0.2) is 109 Å². The van der Waals surface area contributed by atoms with E-state index in [1.165, 1.54) is 0 Å². The Kier molecular flexibility index (Phi) is 8.71. The Morgan fingerprint density at radius 1 is 0.854 bits per heavy atom. The fourth-order valence-electron chi connectivity index (χ4n) is 5.63. The molecule has 5 aromatic rings. The third-order valence-electron chi connectivity index (χ3n) is 7.74. The number of aliphatic hydroxyl groups is 2. The molecule has 5 nitrogen and oxygen atoms in total. The number of benzene rings is 4. The third kappa shape index (κ3) is 5.99. The van der Waals surface area contributed by atoms with E-state index in [4.69, 9.17) is 16.3 Å².